The van der Waals surface area contributed by atoms with Gasteiger partial charge in [-0.3, -0.25) is 9.13 Å². The molecular weight excluding hydrogens is 750 g/mol. The van der Waals surface area contributed by atoms with Crippen molar-refractivity contribution in [2.24, 2.45) is 0 Å². The summed E-state index contributed by atoms with van der Waals surface area (Å²) in [5.41, 5.74) is -0.620. The first-order chi connectivity index (χ1) is 25.7. The summed E-state index contributed by atoms with van der Waals surface area (Å²) in [5, 5.41) is 16.6. The summed E-state index contributed by atoms with van der Waals surface area (Å²) in [4.78, 5) is 11.1. The van der Waals surface area contributed by atoms with Gasteiger partial charge in [0.2, 0.25) is 6.49 Å². The van der Waals surface area contributed by atoms with E-state index in [4.69, 9.17) is 25.4 Å². The number of hydrogen-bond donors (Lipinski definition) is 1. The van der Waals surface area contributed by atoms with Gasteiger partial charge in [0.1, 0.15) is 0 Å². The molecule has 8 nitrogen and oxygen atoms in total. The number of hydroxylamine groups is 4. The number of piperidine rings is 2. The third-order valence-corrected chi connectivity index (χ3v) is 15.8. The maximum atomic E-state index is 14.2. The Balaban J connectivity index is 0.000000202. The first kappa shape index (κ1) is 45.1. The summed E-state index contributed by atoms with van der Waals surface area (Å²) in [6.45, 7) is 14.0. The standard InChI is InChI=1S/C22H30NO3P.C12H10ClOP.C10H21NO2/c1-21(2)16-18(17-22(3,4)23(21)25-5)26-27(24,19-12-8-6-9-13-19)20-14-10-7-11-15-20;13-15(14,11-7-3-1-4-8-11)12-9-5-2-6-10-12;1-9(2)6-8(12)7-10(3,4)11(9)13-5/h6-15,18H,16-17H2,1-5H3;1-10H;8,12H,6-7H2,1-5H3. The van der Waals surface area contributed by atoms with E-state index in [1.807, 2.05) is 107 Å². The smallest absolute Gasteiger partial charge is 0.261 e. The van der Waals surface area contributed by atoms with Crippen LogP contribution >= 0.6 is 25.1 Å². The molecule has 4 aromatic rings. The Bertz CT molecular complexity index is 1750. The molecule has 0 aliphatic carbocycles. The molecule has 1 N–H and O–H groups in total. The minimum Gasteiger partial charge on any atom is -0.393 e. The second-order valence-electron chi connectivity index (χ2n) is 16.8. The van der Waals surface area contributed by atoms with Crippen LogP contribution in [-0.2, 0) is 23.3 Å². The van der Waals surface area contributed by atoms with Gasteiger partial charge in [-0.1, -0.05) is 97.1 Å². The van der Waals surface area contributed by atoms with Crippen LogP contribution in [0.4, 0.5) is 0 Å². The Hall–Kier alpha value is -2.61. The van der Waals surface area contributed by atoms with Gasteiger partial charge >= 0.3 is 0 Å². The number of nitrogens with zero attached hydrogens (tertiary/aromatic N) is 2. The summed E-state index contributed by atoms with van der Waals surface area (Å²) in [6, 6.07) is 37.4. The number of halogens is 1. The van der Waals surface area contributed by atoms with E-state index in [1.165, 1.54) is 0 Å². The topological polar surface area (TPSA) is 88.5 Å². The zero-order valence-corrected chi connectivity index (χ0v) is 36.7. The maximum absolute atomic E-state index is 14.2. The average molecular weight is 811 g/mol. The van der Waals surface area contributed by atoms with Crippen LogP contribution in [0.3, 0.4) is 0 Å². The lowest BCUT2D eigenvalue weighted by molar-refractivity contribution is -0.276. The van der Waals surface area contributed by atoms with Crippen molar-refractivity contribution in [1.29, 1.82) is 0 Å². The molecule has 0 radical (unpaired) electrons. The minimum absolute atomic E-state index is 0.0874. The van der Waals surface area contributed by atoms with E-state index in [-0.39, 0.29) is 34.4 Å². The van der Waals surface area contributed by atoms with Crippen LogP contribution in [-0.4, -0.2) is 63.8 Å². The van der Waals surface area contributed by atoms with E-state index in [2.05, 4.69) is 55.4 Å². The zero-order valence-electron chi connectivity index (χ0n) is 34.2. The highest BCUT2D eigenvalue weighted by atomic mass is 35.7. The van der Waals surface area contributed by atoms with Crippen LogP contribution < -0.4 is 21.2 Å². The van der Waals surface area contributed by atoms with Crippen molar-refractivity contribution < 1.29 is 28.4 Å². The lowest BCUT2D eigenvalue weighted by atomic mass is 9.80. The minimum atomic E-state index is -3.19. The van der Waals surface area contributed by atoms with Gasteiger partial charge in [-0.15, -0.1) is 0 Å². The van der Waals surface area contributed by atoms with Crippen LogP contribution in [0, 0.1) is 0 Å². The average Bonchev–Trinajstić information content (AvgIpc) is 3.12. The van der Waals surface area contributed by atoms with Crippen LogP contribution in [0.25, 0.3) is 0 Å². The first-order valence-electron chi connectivity index (χ1n) is 18.9. The van der Waals surface area contributed by atoms with Gasteiger partial charge in [0.15, 0.2) is 0 Å². The Morgan fingerprint density at radius 2 is 0.800 bits per heavy atom. The molecule has 300 valence electrons. The normalized spacial score (nSPS) is 20.0. The summed E-state index contributed by atoms with van der Waals surface area (Å²) in [7, 11) is 0.215. The van der Waals surface area contributed by atoms with Crippen molar-refractivity contribution in [1.82, 2.24) is 10.1 Å². The highest BCUT2D eigenvalue weighted by Gasteiger charge is 2.49. The quantitative estimate of drug-likeness (QED) is 0.176. The molecule has 2 saturated heterocycles. The molecule has 0 bridgehead atoms. The van der Waals surface area contributed by atoms with Crippen LogP contribution in [0.15, 0.2) is 121 Å². The Kier molecular flexibility index (Phi) is 15.0. The number of aliphatic hydroxyl groups is 1. The lowest BCUT2D eigenvalue weighted by Gasteiger charge is -2.53. The molecule has 11 heteroatoms. The van der Waals surface area contributed by atoms with Gasteiger partial charge in [-0.2, -0.15) is 10.1 Å². The highest BCUT2D eigenvalue weighted by Crippen LogP contribution is 2.51. The summed E-state index contributed by atoms with van der Waals surface area (Å²) in [6.07, 6.45) is 2.68. The molecule has 4 aromatic carbocycles. The van der Waals surface area contributed by atoms with E-state index in [1.54, 1.807) is 38.5 Å². The van der Waals surface area contributed by atoms with Crippen molar-refractivity contribution in [3.8, 4) is 0 Å². The van der Waals surface area contributed by atoms with Crippen molar-refractivity contribution in [3.05, 3.63) is 121 Å². The van der Waals surface area contributed by atoms with Gasteiger partial charge in [0.05, 0.1) is 26.4 Å². The fraction of sp³-hybridized carbons (Fsp3) is 0.455. The van der Waals surface area contributed by atoms with E-state index in [0.717, 1.165) is 36.3 Å². The highest BCUT2D eigenvalue weighted by molar-refractivity contribution is 8.00. The second kappa shape index (κ2) is 18.3. The van der Waals surface area contributed by atoms with Crippen molar-refractivity contribution >= 4 is 46.3 Å². The number of benzene rings is 4. The van der Waals surface area contributed by atoms with E-state index in [9.17, 15) is 14.2 Å². The van der Waals surface area contributed by atoms with Crippen LogP contribution in [0.5, 0.6) is 0 Å². The predicted molar refractivity (Wildman–Crippen MR) is 229 cm³/mol. The molecule has 0 unspecified atom stereocenters. The Morgan fingerprint density at radius 3 is 1.09 bits per heavy atom. The molecule has 0 amide bonds. The molecule has 0 saturated carbocycles. The first-order valence-corrected chi connectivity index (χ1v) is 23.1. The van der Waals surface area contributed by atoms with E-state index < -0.39 is 13.9 Å². The number of rotatable bonds is 8. The molecule has 6 rings (SSSR count). The molecule has 2 heterocycles. The predicted octanol–water partition coefficient (Wildman–Crippen LogP) is 9.23. The lowest BCUT2D eigenvalue weighted by Crippen LogP contribution is -2.61. The van der Waals surface area contributed by atoms with Gasteiger partial charge in [-0.05, 0) is 117 Å². The molecule has 2 aliphatic heterocycles. The Labute approximate surface area is 334 Å². The zero-order chi connectivity index (χ0) is 40.7. The van der Waals surface area contributed by atoms with E-state index >= 15 is 0 Å². The fourth-order valence-corrected chi connectivity index (χ4v) is 12.9. The van der Waals surface area contributed by atoms with E-state index in [0.29, 0.717) is 10.6 Å². The van der Waals surface area contributed by atoms with Crippen molar-refractivity contribution in [2.75, 3.05) is 14.2 Å². The molecular formula is C44H61ClN2O6P2. The Morgan fingerprint density at radius 1 is 0.527 bits per heavy atom. The molecule has 0 spiro atoms. The third-order valence-electron chi connectivity index (χ3n) is 10.2. The maximum Gasteiger partial charge on any atom is 0.261 e. The molecule has 0 aromatic heterocycles. The van der Waals surface area contributed by atoms with Gasteiger partial charge in [-0.25, -0.2) is 0 Å². The summed E-state index contributed by atoms with van der Waals surface area (Å²) >= 11 is 6.14. The number of hydrogen-bond acceptors (Lipinski definition) is 8. The summed E-state index contributed by atoms with van der Waals surface area (Å²) < 4.78 is 33.1. The van der Waals surface area contributed by atoms with Gasteiger partial charge in [0, 0.05) is 43.4 Å². The largest absolute Gasteiger partial charge is 0.393 e. The molecule has 2 fully saturated rings. The molecule has 0 atom stereocenters. The van der Waals surface area contributed by atoms with Gasteiger partial charge in [0.25, 0.3) is 7.37 Å². The third kappa shape index (κ3) is 11.1. The molecule has 2 aliphatic rings. The van der Waals surface area contributed by atoms with Crippen molar-refractivity contribution in [3.63, 3.8) is 0 Å². The summed E-state index contributed by atoms with van der Waals surface area (Å²) in [5.74, 6) is 0. The van der Waals surface area contributed by atoms with Crippen LogP contribution in [0.2, 0.25) is 0 Å². The molecule has 55 heavy (non-hydrogen) atoms. The van der Waals surface area contributed by atoms with Gasteiger partial charge < -0.3 is 19.3 Å². The van der Waals surface area contributed by atoms with Crippen molar-refractivity contribution in [2.45, 2.75) is 115 Å². The fourth-order valence-electron chi connectivity index (χ4n) is 8.56. The monoisotopic (exact) mass is 810 g/mol. The number of aliphatic hydroxyl groups excluding tert-OH is 1. The SMILES string of the molecule is CON1C(C)(C)CC(O)CC1(C)C.CON1C(C)(C)CC(OP(=O)(c2ccccc2)c2ccccc2)CC1(C)C.O=P(Cl)(c1ccccc1)c1ccccc1. The second-order valence-corrected chi connectivity index (χ2v) is 22.7. The van der Waals surface area contributed by atoms with Crippen LogP contribution in [0.1, 0.15) is 81.1 Å².